The van der Waals surface area contributed by atoms with Gasteiger partial charge in [0.25, 0.3) is 0 Å². The summed E-state index contributed by atoms with van der Waals surface area (Å²) in [6, 6.07) is 11.4. The van der Waals surface area contributed by atoms with Crippen LogP contribution in [0.2, 0.25) is 0 Å². The van der Waals surface area contributed by atoms with Crippen LogP contribution >= 0.6 is 0 Å². The lowest BCUT2D eigenvalue weighted by Gasteiger charge is -1.99. The van der Waals surface area contributed by atoms with Gasteiger partial charge in [0.15, 0.2) is 5.76 Å². The second kappa shape index (κ2) is 5.44. The van der Waals surface area contributed by atoms with Gasteiger partial charge >= 0.3 is 5.69 Å². The topological polar surface area (TPSA) is 87.0 Å². The van der Waals surface area contributed by atoms with E-state index in [0.717, 1.165) is 5.56 Å². The number of hydrogen-bond donors (Lipinski definition) is 0. The van der Waals surface area contributed by atoms with Crippen LogP contribution in [0.3, 0.4) is 0 Å². The molecule has 0 amide bonds. The Kier molecular flexibility index (Phi) is 3.46. The maximum atomic E-state index is 11.0. The van der Waals surface area contributed by atoms with Gasteiger partial charge in [-0.05, 0) is 13.8 Å². The molecule has 0 unspecified atom stereocenters. The quantitative estimate of drug-likeness (QED) is 0.545. The highest BCUT2D eigenvalue weighted by molar-refractivity contribution is 5.56. The van der Waals surface area contributed by atoms with Crippen molar-refractivity contribution in [3.8, 4) is 11.3 Å². The predicted octanol–water partition coefficient (Wildman–Crippen LogP) is 3.11. The smallest absolute Gasteiger partial charge is 0.312 e. The fraction of sp³-hybridized carbons (Fsp3) is 0.200. The van der Waals surface area contributed by atoms with Crippen molar-refractivity contribution >= 4 is 5.69 Å². The van der Waals surface area contributed by atoms with Crippen LogP contribution in [-0.2, 0) is 6.54 Å². The molecule has 3 rings (SSSR count). The van der Waals surface area contributed by atoms with E-state index >= 15 is 0 Å². The lowest BCUT2D eigenvalue weighted by atomic mass is 10.2. The van der Waals surface area contributed by atoms with Gasteiger partial charge in [0.05, 0.1) is 11.5 Å². The third-order valence-corrected chi connectivity index (χ3v) is 3.45. The molecule has 112 valence electrons. The van der Waals surface area contributed by atoms with Gasteiger partial charge in [-0.15, -0.1) is 0 Å². The van der Waals surface area contributed by atoms with Gasteiger partial charge in [-0.25, -0.2) is 0 Å². The van der Waals surface area contributed by atoms with Gasteiger partial charge in [0.1, 0.15) is 17.1 Å². The molecule has 3 aromatic rings. The number of rotatable bonds is 4. The van der Waals surface area contributed by atoms with Crippen molar-refractivity contribution in [1.29, 1.82) is 0 Å². The molecule has 2 heterocycles. The average Bonchev–Trinajstić information content (AvgIpc) is 3.06. The van der Waals surface area contributed by atoms with Crippen molar-refractivity contribution in [2.75, 3.05) is 0 Å². The van der Waals surface area contributed by atoms with Gasteiger partial charge in [0, 0.05) is 11.6 Å². The van der Waals surface area contributed by atoms with Crippen LogP contribution in [0.25, 0.3) is 11.3 Å². The van der Waals surface area contributed by atoms with E-state index in [-0.39, 0.29) is 5.69 Å². The van der Waals surface area contributed by atoms with E-state index in [4.69, 9.17) is 4.52 Å². The first-order valence-electron chi connectivity index (χ1n) is 6.75. The molecule has 0 spiro atoms. The SMILES string of the molecule is Cc1nn(Cc2cc(-c3ccccc3)on2)c(C)c1[N+](=O)[O-]. The Labute approximate surface area is 126 Å². The van der Waals surface area contributed by atoms with Crippen molar-refractivity contribution in [3.63, 3.8) is 0 Å². The summed E-state index contributed by atoms with van der Waals surface area (Å²) in [4.78, 5) is 10.6. The van der Waals surface area contributed by atoms with Crippen molar-refractivity contribution in [1.82, 2.24) is 14.9 Å². The van der Waals surface area contributed by atoms with Crippen LogP contribution in [-0.4, -0.2) is 19.9 Å². The minimum atomic E-state index is -0.410. The molecule has 22 heavy (non-hydrogen) atoms. The standard InChI is InChI=1S/C15H14N4O3/c1-10-15(19(20)21)11(2)18(16-10)9-13-8-14(22-17-13)12-6-4-3-5-7-12/h3-8H,9H2,1-2H3. The van der Waals surface area contributed by atoms with Crippen LogP contribution in [0.15, 0.2) is 40.9 Å². The maximum absolute atomic E-state index is 11.0. The summed E-state index contributed by atoms with van der Waals surface area (Å²) >= 11 is 0. The summed E-state index contributed by atoms with van der Waals surface area (Å²) in [5.74, 6) is 0.659. The number of benzene rings is 1. The Hall–Kier alpha value is -2.96. The molecular weight excluding hydrogens is 284 g/mol. The molecule has 2 aromatic heterocycles. The van der Waals surface area contributed by atoms with Gasteiger partial charge in [-0.2, -0.15) is 5.10 Å². The van der Waals surface area contributed by atoms with Gasteiger partial charge < -0.3 is 4.52 Å². The van der Waals surface area contributed by atoms with Crippen molar-refractivity contribution < 1.29 is 9.45 Å². The third kappa shape index (κ3) is 2.48. The molecule has 0 radical (unpaired) electrons. The summed E-state index contributed by atoms with van der Waals surface area (Å²) in [7, 11) is 0. The largest absolute Gasteiger partial charge is 0.356 e. The van der Waals surface area contributed by atoms with Crippen LogP contribution in [0.1, 0.15) is 17.1 Å². The molecule has 0 aliphatic carbocycles. The molecule has 0 saturated heterocycles. The van der Waals surface area contributed by atoms with Crippen LogP contribution < -0.4 is 0 Å². The van der Waals surface area contributed by atoms with E-state index in [1.54, 1.807) is 18.5 Å². The first kappa shape index (κ1) is 14.0. The monoisotopic (exact) mass is 298 g/mol. The Morgan fingerprint density at radius 2 is 2.00 bits per heavy atom. The molecule has 0 aliphatic heterocycles. The molecule has 7 heteroatoms. The Morgan fingerprint density at radius 1 is 1.27 bits per heavy atom. The fourth-order valence-electron chi connectivity index (χ4n) is 2.38. The van der Waals surface area contributed by atoms with E-state index in [1.807, 2.05) is 36.4 Å². The summed E-state index contributed by atoms with van der Waals surface area (Å²) < 4.78 is 6.89. The first-order chi connectivity index (χ1) is 10.6. The Balaban J connectivity index is 1.88. The van der Waals surface area contributed by atoms with Crippen molar-refractivity contribution in [3.05, 3.63) is 63.6 Å². The van der Waals surface area contributed by atoms with Gasteiger partial charge in [0.2, 0.25) is 0 Å². The van der Waals surface area contributed by atoms with E-state index < -0.39 is 4.92 Å². The number of aromatic nitrogens is 3. The highest BCUT2D eigenvalue weighted by Crippen LogP contribution is 2.24. The van der Waals surface area contributed by atoms with Crippen LogP contribution in [0.4, 0.5) is 5.69 Å². The number of nitrogens with zero attached hydrogens (tertiary/aromatic N) is 4. The zero-order valence-electron chi connectivity index (χ0n) is 12.2. The second-order valence-corrected chi connectivity index (χ2v) is 4.98. The van der Waals surface area contributed by atoms with Gasteiger partial charge in [-0.3, -0.25) is 14.8 Å². The third-order valence-electron chi connectivity index (χ3n) is 3.45. The van der Waals surface area contributed by atoms with E-state index in [2.05, 4.69) is 10.3 Å². The minimum Gasteiger partial charge on any atom is -0.356 e. The lowest BCUT2D eigenvalue weighted by Crippen LogP contribution is -2.04. The molecule has 0 fully saturated rings. The van der Waals surface area contributed by atoms with Crippen LogP contribution in [0, 0.1) is 24.0 Å². The first-order valence-corrected chi connectivity index (χ1v) is 6.75. The number of nitro groups is 1. The number of aryl methyl sites for hydroxylation is 1. The zero-order valence-corrected chi connectivity index (χ0v) is 12.2. The molecule has 0 aliphatic rings. The molecule has 0 bridgehead atoms. The summed E-state index contributed by atoms with van der Waals surface area (Å²) in [5, 5.41) is 19.2. The molecule has 7 nitrogen and oxygen atoms in total. The summed E-state index contributed by atoms with van der Waals surface area (Å²) in [6.45, 7) is 3.63. The number of hydrogen-bond acceptors (Lipinski definition) is 5. The molecular formula is C15H14N4O3. The zero-order chi connectivity index (χ0) is 15.7. The van der Waals surface area contributed by atoms with Crippen molar-refractivity contribution in [2.45, 2.75) is 20.4 Å². The molecule has 0 saturated carbocycles. The molecule has 1 aromatic carbocycles. The Bertz CT molecular complexity index is 821. The summed E-state index contributed by atoms with van der Waals surface area (Å²) in [5.41, 5.74) is 2.55. The highest BCUT2D eigenvalue weighted by atomic mass is 16.6. The van der Waals surface area contributed by atoms with E-state index in [1.165, 1.54) is 0 Å². The summed E-state index contributed by atoms with van der Waals surface area (Å²) in [6.07, 6.45) is 0. The van der Waals surface area contributed by atoms with Crippen LogP contribution in [0.5, 0.6) is 0 Å². The van der Waals surface area contributed by atoms with Gasteiger partial charge in [-0.1, -0.05) is 35.5 Å². The fourth-order valence-corrected chi connectivity index (χ4v) is 2.38. The van der Waals surface area contributed by atoms with E-state index in [9.17, 15) is 10.1 Å². The Morgan fingerprint density at radius 3 is 2.64 bits per heavy atom. The lowest BCUT2D eigenvalue weighted by molar-refractivity contribution is -0.386. The second-order valence-electron chi connectivity index (χ2n) is 4.98. The highest BCUT2D eigenvalue weighted by Gasteiger charge is 2.22. The van der Waals surface area contributed by atoms with E-state index in [0.29, 0.717) is 29.4 Å². The maximum Gasteiger partial charge on any atom is 0.312 e. The molecule has 0 atom stereocenters. The normalized spacial score (nSPS) is 10.8. The minimum absolute atomic E-state index is 0.0479. The van der Waals surface area contributed by atoms with Crippen molar-refractivity contribution in [2.24, 2.45) is 0 Å². The predicted molar refractivity (Wildman–Crippen MR) is 79.4 cm³/mol. The average molecular weight is 298 g/mol. The molecule has 0 N–H and O–H groups in total.